The van der Waals surface area contributed by atoms with E-state index in [1.165, 1.54) is 0 Å². The van der Waals surface area contributed by atoms with E-state index < -0.39 is 25.7 Å². The van der Waals surface area contributed by atoms with Crippen LogP contribution in [0.25, 0.3) is 0 Å². The number of hydrogen-bond acceptors (Lipinski definition) is 4. The molecule has 0 N–H and O–H groups in total. The van der Waals surface area contributed by atoms with E-state index in [0.29, 0.717) is 6.42 Å². The summed E-state index contributed by atoms with van der Waals surface area (Å²) in [6.45, 7) is 8.94. The molecule has 6 heteroatoms. The first-order valence-electron chi connectivity index (χ1n) is 6.54. The maximum atomic E-state index is 13.7. The van der Waals surface area contributed by atoms with Crippen molar-refractivity contribution >= 4 is 7.60 Å². The normalized spacial score (nSPS) is 29.4. The fourth-order valence-electron chi connectivity index (χ4n) is 1.99. The van der Waals surface area contributed by atoms with Gasteiger partial charge in [0.15, 0.2) is 5.85 Å². The number of rotatable bonds is 6. The highest BCUT2D eigenvalue weighted by Gasteiger charge is 2.47. The Labute approximate surface area is 109 Å². The smallest absolute Gasteiger partial charge is 0.359 e. The van der Waals surface area contributed by atoms with Crippen molar-refractivity contribution in [1.82, 2.24) is 0 Å². The SMILES string of the molecule is CC[C@H]1O[C@@H](P(=O)(OC(C)C)OC(C)C)C[C@H]1F. The second kappa shape index (κ2) is 6.47. The molecular formula is C12H24FO4P. The minimum atomic E-state index is -3.43. The van der Waals surface area contributed by atoms with Gasteiger partial charge in [-0.3, -0.25) is 4.57 Å². The van der Waals surface area contributed by atoms with Crippen molar-refractivity contribution in [1.29, 1.82) is 0 Å². The molecule has 0 aromatic carbocycles. The molecule has 0 radical (unpaired) electrons. The molecular weight excluding hydrogens is 258 g/mol. The highest BCUT2D eigenvalue weighted by atomic mass is 31.2. The van der Waals surface area contributed by atoms with Crippen molar-refractivity contribution < 1.29 is 22.7 Å². The van der Waals surface area contributed by atoms with Crippen molar-refractivity contribution in [2.45, 2.75) is 77.8 Å². The lowest BCUT2D eigenvalue weighted by atomic mass is 10.2. The van der Waals surface area contributed by atoms with Gasteiger partial charge >= 0.3 is 7.60 Å². The summed E-state index contributed by atoms with van der Waals surface area (Å²) in [4.78, 5) is 0. The zero-order chi connectivity index (χ0) is 13.9. The predicted molar refractivity (Wildman–Crippen MR) is 68.5 cm³/mol. The van der Waals surface area contributed by atoms with Crippen LogP contribution in [0.2, 0.25) is 0 Å². The minimum absolute atomic E-state index is 0.0786. The zero-order valence-electron chi connectivity index (χ0n) is 11.8. The Balaban J connectivity index is 2.81. The van der Waals surface area contributed by atoms with Gasteiger partial charge in [-0.05, 0) is 34.1 Å². The highest BCUT2D eigenvalue weighted by molar-refractivity contribution is 7.54. The second-order valence-electron chi connectivity index (χ2n) is 5.14. The van der Waals surface area contributed by atoms with E-state index in [1.54, 1.807) is 27.7 Å². The molecule has 0 saturated carbocycles. The predicted octanol–water partition coefficient (Wildman–Crippen LogP) is 3.89. The van der Waals surface area contributed by atoms with Crippen LogP contribution in [0.1, 0.15) is 47.5 Å². The summed E-state index contributed by atoms with van der Waals surface area (Å²) in [5.74, 6) is -0.790. The maximum absolute atomic E-state index is 13.7. The lowest BCUT2D eigenvalue weighted by Crippen LogP contribution is -2.19. The summed E-state index contributed by atoms with van der Waals surface area (Å²) in [5, 5.41) is 0. The van der Waals surface area contributed by atoms with Crippen LogP contribution in [0.3, 0.4) is 0 Å². The van der Waals surface area contributed by atoms with Gasteiger partial charge < -0.3 is 13.8 Å². The van der Waals surface area contributed by atoms with Crippen molar-refractivity contribution in [2.24, 2.45) is 0 Å². The van der Waals surface area contributed by atoms with Crippen LogP contribution in [-0.4, -0.2) is 30.3 Å². The average molecular weight is 282 g/mol. The molecule has 18 heavy (non-hydrogen) atoms. The van der Waals surface area contributed by atoms with Gasteiger partial charge in [-0.2, -0.15) is 0 Å². The molecule has 0 spiro atoms. The molecule has 0 bridgehead atoms. The molecule has 0 aromatic rings. The molecule has 0 unspecified atom stereocenters. The van der Waals surface area contributed by atoms with Crippen molar-refractivity contribution in [3.8, 4) is 0 Å². The van der Waals surface area contributed by atoms with Crippen LogP contribution in [-0.2, 0) is 18.3 Å². The minimum Gasteiger partial charge on any atom is -0.359 e. The third-order valence-electron chi connectivity index (χ3n) is 2.63. The summed E-state index contributed by atoms with van der Waals surface area (Å²) in [6, 6.07) is 0. The fraction of sp³-hybridized carbons (Fsp3) is 1.00. The Morgan fingerprint density at radius 2 is 1.78 bits per heavy atom. The first kappa shape index (κ1) is 16.1. The molecule has 108 valence electrons. The molecule has 1 rings (SSSR count). The molecule has 1 heterocycles. The summed E-state index contributed by atoms with van der Waals surface area (Å²) in [6.07, 6.45) is -1.47. The quantitative estimate of drug-likeness (QED) is 0.693. The largest absolute Gasteiger partial charge is 0.359 e. The zero-order valence-corrected chi connectivity index (χ0v) is 12.7. The first-order valence-corrected chi connectivity index (χ1v) is 8.15. The van der Waals surface area contributed by atoms with Gasteiger partial charge in [0, 0.05) is 6.42 Å². The Bertz CT molecular complexity index is 294. The van der Waals surface area contributed by atoms with E-state index in [1.807, 2.05) is 6.92 Å². The third-order valence-corrected chi connectivity index (χ3v) is 5.10. The van der Waals surface area contributed by atoms with E-state index in [2.05, 4.69) is 0 Å². The van der Waals surface area contributed by atoms with Gasteiger partial charge in [0.2, 0.25) is 0 Å². The fourth-order valence-corrected chi connectivity index (χ4v) is 4.25. The Morgan fingerprint density at radius 1 is 1.28 bits per heavy atom. The van der Waals surface area contributed by atoms with Gasteiger partial charge in [-0.15, -0.1) is 0 Å². The Morgan fingerprint density at radius 3 is 2.11 bits per heavy atom. The van der Waals surface area contributed by atoms with E-state index in [4.69, 9.17) is 13.8 Å². The number of alkyl halides is 1. The van der Waals surface area contributed by atoms with E-state index in [9.17, 15) is 8.96 Å². The van der Waals surface area contributed by atoms with Gasteiger partial charge in [0.25, 0.3) is 0 Å². The summed E-state index contributed by atoms with van der Waals surface area (Å²) in [7, 11) is -3.43. The molecule has 0 aromatic heterocycles. The van der Waals surface area contributed by atoms with Crippen LogP contribution in [0.15, 0.2) is 0 Å². The van der Waals surface area contributed by atoms with Gasteiger partial charge in [-0.25, -0.2) is 4.39 Å². The first-order chi connectivity index (χ1) is 8.28. The summed E-state index contributed by atoms with van der Waals surface area (Å²) < 4.78 is 42.7. The molecule has 1 aliphatic rings. The number of ether oxygens (including phenoxy) is 1. The lowest BCUT2D eigenvalue weighted by molar-refractivity contribution is 0.0319. The van der Waals surface area contributed by atoms with Crippen molar-refractivity contribution in [2.75, 3.05) is 0 Å². The Kier molecular flexibility index (Phi) is 5.78. The standard InChI is InChI=1S/C12H24FO4P/c1-6-11-10(13)7-12(15-11)18(14,16-8(2)3)17-9(4)5/h8-12H,6-7H2,1-5H3/t10-,11-,12+/m1/s1. The number of halogens is 1. The third kappa shape index (κ3) is 4.02. The van der Waals surface area contributed by atoms with Crippen molar-refractivity contribution in [3.05, 3.63) is 0 Å². The van der Waals surface area contributed by atoms with Crippen LogP contribution in [0.5, 0.6) is 0 Å². The number of hydrogen-bond donors (Lipinski definition) is 0. The second-order valence-corrected chi connectivity index (χ2v) is 7.21. The molecule has 4 nitrogen and oxygen atoms in total. The molecule has 1 aliphatic heterocycles. The van der Waals surface area contributed by atoms with E-state index in [-0.39, 0.29) is 18.6 Å². The maximum Gasteiger partial charge on any atom is 0.359 e. The van der Waals surface area contributed by atoms with E-state index >= 15 is 0 Å². The van der Waals surface area contributed by atoms with Crippen LogP contribution in [0.4, 0.5) is 4.39 Å². The van der Waals surface area contributed by atoms with Crippen molar-refractivity contribution in [3.63, 3.8) is 0 Å². The highest BCUT2D eigenvalue weighted by Crippen LogP contribution is 2.59. The molecule has 3 atom stereocenters. The van der Waals surface area contributed by atoms with Gasteiger partial charge in [0.05, 0.1) is 18.3 Å². The molecule has 0 aliphatic carbocycles. The average Bonchev–Trinajstić information content (AvgIpc) is 2.57. The summed E-state index contributed by atoms with van der Waals surface area (Å²) >= 11 is 0. The Hall–Kier alpha value is 0.0400. The van der Waals surface area contributed by atoms with Gasteiger partial charge in [0.1, 0.15) is 6.17 Å². The molecule has 1 saturated heterocycles. The van der Waals surface area contributed by atoms with Gasteiger partial charge in [-0.1, -0.05) is 6.92 Å². The topological polar surface area (TPSA) is 44.8 Å². The monoisotopic (exact) mass is 282 g/mol. The molecule has 0 amide bonds. The lowest BCUT2D eigenvalue weighted by Gasteiger charge is -2.27. The van der Waals surface area contributed by atoms with Crippen LogP contribution >= 0.6 is 7.60 Å². The van der Waals surface area contributed by atoms with Crippen LogP contribution < -0.4 is 0 Å². The van der Waals surface area contributed by atoms with E-state index in [0.717, 1.165) is 0 Å². The summed E-state index contributed by atoms with van der Waals surface area (Å²) in [5.41, 5.74) is 0. The van der Waals surface area contributed by atoms with Crippen LogP contribution in [0, 0.1) is 0 Å². The molecule has 1 fully saturated rings.